The van der Waals surface area contributed by atoms with Crippen LogP contribution in [0.25, 0.3) is 0 Å². The molecule has 0 radical (unpaired) electrons. The predicted octanol–water partition coefficient (Wildman–Crippen LogP) is 0.728. The van der Waals surface area contributed by atoms with Crippen LogP contribution in [-0.2, 0) is 9.53 Å². The van der Waals surface area contributed by atoms with Gasteiger partial charge in [0, 0.05) is 45.3 Å². The second-order valence-corrected chi connectivity index (χ2v) is 6.66. The minimum absolute atomic E-state index is 0. The van der Waals surface area contributed by atoms with E-state index in [9.17, 15) is 4.79 Å². The molecular weight excluding hydrogens is 290 g/mol. The van der Waals surface area contributed by atoms with E-state index in [4.69, 9.17) is 4.74 Å². The molecular formula is C15H28ClN3O2. The molecule has 0 aromatic rings. The number of nitrogens with one attached hydrogen (secondary N) is 1. The highest BCUT2D eigenvalue weighted by molar-refractivity contribution is 5.85. The Balaban J connectivity index is 0.00000161. The van der Waals surface area contributed by atoms with Crippen molar-refractivity contribution in [3.05, 3.63) is 0 Å². The van der Waals surface area contributed by atoms with Crippen LogP contribution in [0.3, 0.4) is 0 Å². The molecule has 122 valence electrons. The Morgan fingerprint density at radius 1 is 1.24 bits per heavy atom. The third-order valence-electron chi connectivity index (χ3n) is 4.76. The number of amides is 1. The van der Waals surface area contributed by atoms with Crippen LogP contribution in [0.5, 0.6) is 0 Å². The molecule has 3 fully saturated rings. The molecule has 0 aromatic carbocycles. The van der Waals surface area contributed by atoms with Crippen LogP contribution < -0.4 is 5.32 Å². The molecule has 3 aliphatic heterocycles. The van der Waals surface area contributed by atoms with Crippen LogP contribution in [0.15, 0.2) is 0 Å². The number of rotatable bonds is 3. The Kier molecular flexibility index (Phi) is 5.88. The van der Waals surface area contributed by atoms with Gasteiger partial charge in [0.15, 0.2) is 0 Å². The summed E-state index contributed by atoms with van der Waals surface area (Å²) in [5, 5.41) is 3.20. The molecule has 3 saturated heterocycles. The monoisotopic (exact) mass is 317 g/mol. The summed E-state index contributed by atoms with van der Waals surface area (Å²) in [7, 11) is 0. The highest BCUT2D eigenvalue weighted by Crippen LogP contribution is 2.23. The molecule has 6 heteroatoms. The normalized spacial score (nSPS) is 34.4. The van der Waals surface area contributed by atoms with Crippen LogP contribution >= 0.6 is 12.4 Å². The van der Waals surface area contributed by atoms with Gasteiger partial charge in [-0.2, -0.15) is 0 Å². The minimum Gasteiger partial charge on any atom is -0.373 e. The van der Waals surface area contributed by atoms with Crippen LogP contribution in [-0.4, -0.2) is 73.2 Å². The lowest BCUT2D eigenvalue weighted by molar-refractivity contribution is -0.138. The van der Waals surface area contributed by atoms with Crippen molar-refractivity contribution < 1.29 is 9.53 Å². The summed E-state index contributed by atoms with van der Waals surface area (Å²) >= 11 is 0. The Morgan fingerprint density at radius 2 is 1.90 bits per heavy atom. The van der Waals surface area contributed by atoms with E-state index in [2.05, 4.69) is 29.0 Å². The number of likely N-dealkylation sites (tertiary alicyclic amines) is 1. The lowest BCUT2D eigenvalue weighted by atomic mass is 10.0. The summed E-state index contributed by atoms with van der Waals surface area (Å²) in [5.41, 5.74) is 0. The second-order valence-electron chi connectivity index (χ2n) is 6.66. The molecule has 0 spiro atoms. The van der Waals surface area contributed by atoms with E-state index in [0.717, 1.165) is 52.1 Å². The Hall–Kier alpha value is -0.360. The van der Waals surface area contributed by atoms with Crippen LogP contribution in [0.1, 0.15) is 26.7 Å². The maximum Gasteiger partial charge on any atom is 0.228 e. The summed E-state index contributed by atoms with van der Waals surface area (Å²) in [6.07, 6.45) is 2.93. The standard InChI is InChI=1S/C15H27N3O2.ClH/c1-11-8-17(9-12(2)20-11)10-14-4-3-5-18(14)15(19)13-6-16-7-13;/h11-14,16H,3-10H2,1-2H3;1H. The third-order valence-corrected chi connectivity index (χ3v) is 4.76. The second kappa shape index (κ2) is 7.27. The van der Waals surface area contributed by atoms with Gasteiger partial charge < -0.3 is 15.0 Å². The first-order chi connectivity index (χ1) is 9.63. The average Bonchev–Trinajstić information content (AvgIpc) is 2.73. The van der Waals surface area contributed by atoms with Gasteiger partial charge in [-0.25, -0.2) is 0 Å². The molecule has 0 aromatic heterocycles. The molecule has 5 nitrogen and oxygen atoms in total. The van der Waals surface area contributed by atoms with Gasteiger partial charge in [0.05, 0.1) is 18.1 Å². The highest BCUT2D eigenvalue weighted by Gasteiger charge is 2.36. The minimum atomic E-state index is 0. The van der Waals surface area contributed by atoms with Gasteiger partial charge in [0.25, 0.3) is 0 Å². The Bertz CT molecular complexity index is 355. The molecule has 3 atom stereocenters. The largest absolute Gasteiger partial charge is 0.373 e. The number of hydrogen-bond donors (Lipinski definition) is 1. The van der Waals surface area contributed by atoms with E-state index >= 15 is 0 Å². The molecule has 1 N–H and O–H groups in total. The molecule has 1 amide bonds. The van der Waals surface area contributed by atoms with E-state index in [1.165, 1.54) is 0 Å². The summed E-state index contributed by atoms with van der Waals surface area (Å²) in [6.45, 7) is 9.98. The van der Waals surface area contributed by atoms with Crippen molar-refractivity contribution in [1.29, 1.82) is 0 Å². The first-order valence-electron chi connectivity index (χ1n) is 8.02. The Morgan fingerprint density at radius 3 is 2.48 bits per heavy atom. The van der Waals surface area contributed by atoms with E-state index < -0.39 is 0 Å². The zero-order valence-corrected chi connectivity index (χ0v) is 13.9. The zero-order chi connectivity index (χ0) is 14.1. The summed E-state index contributed by atoms with van der Waals surface area (Å²) in [6, 6.07) is 0.417. The van der Waals surface area contributed by atoms with Crippen molar-refractivity contribution >= 4 is 18.3 Å². The molecule has 0 aliphatic carbocycles. The van der Waals surface area contributed by atoms with E-state index in [-0.39, 0.29) is 18.3 Å². The van der Waals surface area contributed by atoms with Crippen molar-refractivity contribution in [2.45, 2.75) is 44.9 Å². The van der Waals surface area contributed by atoms with E-state index in [1.54, 1.807) is 0 Å². The van der Waals surface area contributed by atoms with Crippen LogP contribution in [0.2, 0.25) is 0 Å². The Labute approximate surface area is 133 Å². The molecule has 3 rings (SSSR count). The SMILES string of the molecule is CC1CN(CC2CCCN2C(=O)C2CNC2)CC(C)O1.Cl. The van der Waals surface area contributed by atoms with Gasteiger partial charge in [0.2, 0.25) is 5.91 Å². The molecule has 3 aliphatic rings. The summed E-state index contributed by atoms with van der Waals surface area (Å²) in [5.74, 6) is 0.610. The van der Waals surface area contributed by atoms with Gasteiger partial charge in [-0.1, -0.05) is 0 Å². The fourth-order valence-electron chi connectivity index (χ4n) is 3.74. The summed E-state index contributed by atoms with van der Waals surface area (Å²) in [4.78, 5) is 17.1. The predicted molar refractivity (Wildman–Crippen MR) is 84.8 cm³/mol. The topological polar surface area (TPSA) is 44.8 Å². The van der Waals surface area contributed by atoms with Crippen molar-refractivity contribution in [2.24, 2.45) is 5.92 Å². The lowest BCUT2D eigenvalue weighted by Crippen LogP contribution is -2.55. The van der Waals surface area contributed by atoms with Crippen molar-refractivity contribution in [1.82, 2.24) is 15.1 Å². The summed E-state index contributed by atoms with van der Waals surface area (Å²) < 4.78 is 5.79. The third kappa shape index (κ3) is 3.89. The molecule has 21 heavy (non-hydrogen) atoms. The number of halogens is 1. The first kappa shape index (κ1) is 17.0. The first-order valence-corrected chi connectivity index (χ1v) is 8.02. The number of carbonyl (C=O) groups is 1. The molecule has 3 heterocycles. The maximum atomic E-state index is 12.5. The van der Waals surface area contributed by atoms with Crippen LogP contribution in [0.4, 0.5) is 0 Å². The highest BCUT2D eigenvalue weighted by atomic mass is 35.5. The number of hydrogen-bond acceptors (Lipinski definition) is 4. The quantitative estimate of drug-likeness (QED) is 0.833. The maximum absolute atomic E-state index is 12.5. The van der Waals surface area contributed by atoms with Gasteiger partial charge >= 0.3 is 0 Å². The van der Waals surface area contributed by atoms with E-state index in [1.807, 2.05) is 0 Å². The van der Waals surface area contributed by atoms with Gasteiger partial charge in [-0.15, -0.1) is 12.4 Å². The zero-order valence-electron chi connectivity index (χ0n) is 13.1. The lowest BCUT2D eigenvalue weighted by Gasteiger charge is -2.39. The van der Waals surface area contributed by atoms with Gasteiger partial charge in [-0.05, 0) is 26.7 Å². The van der Waals surface area contributed by atoms with E-state index in [0.29, 0.717) is 24.2 Å². The van der Waals surface area contributed by atoms with Crippen molar-refractivity contribution in [3.63, 3.8) is 0 Å². The molecule has 0 bridgehead atoms. The number of morpholine rings is 1. The molecule has 3 unspecified atom stereocenters. The van der Waals surface area contributed by atoms with Crippen molar-refractivity contribution in [2.75, 3.05) is 39.3 Å². The van der Waals surface area contributed by atoms with Crippen molar-refractivity contribution in [3.8, 4) is 0 Å². The number of ether oxygens (including phenoxy) is 1. The van der Waals surface area contributed by atoms with Crippen LogP contribution in [0, 0.1) is 5.92 Å². The number of carbonyl (C=O) groups excluding carboxylic acids is 1. The van der Waals surface area contributed by atoms with Gasteiger partial charge in [-0.3, -0.25) is 9.69 Å². The smallest absolute Gasteiger partial charge is 0.228 e. The van der Waals surface area contributed by atoms with Gasteiger partial charge in [0.1, 0.15) is 0 Å². The molecule has 0 saturated carbocycles. The fraction of sp³-hybridized carbons (Fsp3) is 0.933. The fourth-order valence-corrected chi connectivity index (χ4v) is 3.74. The average molecular weight is 318 g/mol. The number of nitrogens with zero attached hydrogens (tertiary/aromatic N) is 2.